The first-order valence-electron chi connectivity index (χ1n) is 9.99. The first-order valence-corrected chi connectivity index (χ1v) is 10.4. The molecule has 0 radical (unpaired) electrons. The van der Waals surface area contributed by atoms with Gasteiger partial charge in [-0.1, -0.05) is 35.9 Å². The summed E-state index contributed by atoms with van der Waals surface area (Å²) in [6, 6.07) is 17.4. The van der Waals surface area contributed by atoms with Crippen molar-refractivity contribution < 1.29 is 19.1 Å². The molecule has 0 unspecified atom stereocenters. The number of nitrogens with zero attached hydrogens (tertiary/aromatic N) is 1. The van der Waals surface area contributed by atoms with Crippen LogP contribution in [0.3, 0.4) is 0 Å². The number of benzene rings is 3. The van der Waals surface area contributed by atoms with Crippen LogP contribution < -0.4 is 25.0 Å². The lowest BCUT2D eigenvalue weighted by Crippen LogP contribution is -2.29. The molecule has 0 spiro atoms. The molecule has 0 saturated carbocycles. The number of hydrogen-bond donors (Lipinski definition) is 2. The Hall–Kier alpha value is -3.71. The fourth-order valence-electron chi connectivity index (χ4n) is 3.65. The maximum absolute atomic E-state index is 12.9. The van der Waals surface area contributed by atoms with Gasteiger partial charge in [0.2, 0.25) is 0 Å². The maximum atomic E-state index is 12.9. The van der Waals surface area contributed by atoms with Crippen LogP contribution in [0.4, 0.5) is 21.9 Å². The number of nitrogens with one attached hydrogen (secondary N) is 2. The van der Waals surface area contributed by atoms with E-state index in [1.54, 1.807) is 35.2 Å². The van der Waals surface area contributed by atoms with Gasteiger partial charge < -0.3 is 25.0 Å². The molecule has 1 heterocycles. The SMILES string of the molecule is COc1cc(OC)c(NC(=O)Nc2ccc3c(c2)N(C(=O)c2ccccc2)CC3)cc1Cl. The number of ether oxygens (including phenoxy) is 2. The molecule has 1 aliphatic heterocycles. The van der Waals surface area contributed by atoms with Gasteiger partial charge in [0.05, 0.1) is 24.9 Å². The van der Waals surface area contributed by atoms with Crippen molar-refractivity contribution in [1.29, 1.82) is 0 Å². The molecule has 0 bridgehead atoms. The van der Waals surface area contributed by atoms with Gasteiger partial charge in [-0.3, -0.25) is 4.79 Å². The number of hydrogen-bond acceptors (Lipinski definition) is 4. The van der Waals surface area contributed by atoms with Gasteiger partial charge in [-0.25, -0.2) is 4.79 Å². The molecule has 0 aliphatic carbocycles. The third-order valence-corrected chi connectivity index (χ3v) is 5.52. The van der Waals surface area contributed by atoms with Crippen LogP contribution in [-0.2, 0) is 6.42 Å². The molecule has 7 nitrogen and oxygen atoms in total. The second kappa shape index (κ2) is 9.20. The molecule has 3 aromatic rings. The van der Waals surface area contributed by atoms with Gasteiger partial charge in [-0.15, -0.1) is 0 Å². The van der Waals surface area contributed by atoms with E-state index in [1.165, 1.54) is 14.2 Å². The number of anilines is 3. The quantitative estimate of drug-likeness (QED) is 0.558. The van der Waals surface area contributed by atoms with Crippen LogP contribution in [0.2, 0.25) is 5.02 Å². The Balaban J connectivity index is 1.51. The van der Waals surface area contributed by atoms with Crippen LogP contribution in [0, 0.1) is 0 Å². The molecule has 164 valence electrons. The highest BCUT2D eigenvalue weighted by molar-refractivity contribution is 6.32. The molecule has 32 heavy (non-hydrogen) atoms. The summed E-state index contributed by atoms with van der Waals surface area (Å²) < 4.78 is 10.5. The van der Waals surface area contributed by atoms with Crippen LogP contribution >= 0.6 is 11.6 Å². The largest absolute Gasteiger partial charge is 0.495 e. The molecule has 0 saturated heterocycles. The molecule has 3 amide bonds. The summed E-state index contributed by atoms with van der Waals surface area (Å²) in [6.45, 7) is 0.597. The number of rotatable bonds is 5. The summed E-state index contributed by atoms with van der Waals surface area (Å²) in [5, 5.41) is 5.88. The van der Waals surface area contributed by atoms with E-state index in [2.05, 4.69) is 10.6 Å². The lowest BCUT2D eigenvalue weighted by molar-refractivity contribution is 0.0989. The minimum Gasteiger partial charge on any atom is -0.495 e. The average molecular weight is 452 g/mol. The standard InChI is InChI=1S/C24H22ClN3O4/c1-31-21-14-22(32-2)19(13-18(21)25)27-24(30)26-17-9-8-15-10-11-28(20(15)12-17)23(29)16-6-4-3-5-7-16/h3-9,12-14H,10-11H2,1-2H3,(H2,26,27,30). The lowest BCUT2D eigenvalue weighted by Gasteiger charge is -2.18. The van der Waals surface area contributed by atoms with Crippen molar-refractivity contribution in [3.05, 3.63) is 76.8 Å². The van der Waals surface area contributed by atoms with Crippen LogP contribution in [0.15, 0.2) is 60.7 Å². The van der Waals surface area contributed by atoms with E-state index in [0.717, 1.165) is 17.7 Å². The van der Waals surface area contributed by atoms with Gasteiger partial charge in [0.15, 0.2) is 0 Å². The molecular formula is C24H22ClN3O4. The van der Waals surface area contributed by atoms with E-state index in [4.69, 9.17) is 21.1 Å². The first kappa shape index (κ1) is 21.5. The Labute approximate surface area is 190 Å². The van der Waals surface area contributed by atoms with E-state index in [0.29, 0.717) is 40.0 Å². The van der Waals surface area contributed by atoms with Crippen molar-refractivity contribution >= 4 is 40.6 Å². The Kier molecular flexibility index (Phi) is 6.18. The number of urea groups is 1. The molecule has 4 rings (SSSR count). The summed E-state index contributed by atoms with van der Waals surface area (Å²) in [7, 11) is 2.99. The predicted octanol–water partition coefficient (Wildman–Crippen LogP) is 5.20. The number of carbonyl (C=O) groups excluding carboxylic acids is 2. The highest BCUT2D eigenvalue weighted by Crippen LogP contribution is 2.36. The summed E-state index contributed by atoms with van der Waals surface area (Å²) in [4.78, 5) is 27.3. The van der Waals surface area contributed by atoms with Crippen molar-refractivity contribution in [3.63, 3.8) is 0 Å². The van der Waals surface area contributed by atoms with Crippen molar-refractivity contribution in [1.82, 2.24) is 0 Å². The van der Waals surface area contributed by atoms with Gasteiger partial charge in [-0.05, 0) is 42.3 Å². The molecule has 3 aromatic carbocycles. The zero-order valence-corrected chi connectivity index (χ0v) is 18.4. The summed E-state index contributed by atoms with van der Waals surface area (Å²) in [6.07, 6.45) is 0.766. The third kappa shape index (κ3) is 4.33. The van der Waals surface area contributed by atoms with E-state index >= 15 is 0 Å². The van der Waals surface area contributed by atoms with Crippen LogP contribution in [-0.4, -0.2) is 32.7 Å². The zero-order chi connectivity index (χ0) is 22.7. The number of methoxy groups -OCH3 is 2. The second-order valence-electron chi connectivity index (χ2n) is 7.18. The average Bonchev–Trinajstić information content (AvgIpc) is 3.22. The zero-order valence-electron chi connectivity index (χ0n) is 17.6. The lowest BCUT2D eigenvalue weighted by atomic mass is 10.1. The van der Waals surface area contributed by atoms with E-state index in [1.807, 2.05) is 30.3 Å². The fraction of sp³-hybridized carbons (Fsp3) is 0.167. The molecule has 0 aromatic heterocycles. The molecule has 8 heteroatoms. The Morgan fingerprint density at radius 1 is 0.938 bits per heavy atom. The highest BCUT2D eigenvalue weighted by atomic mass is 35.5. The van der Waals surface area contributed by atoms with E-state index in [9.17, 15) is 9.59 Å². The number of carbonyl (C=O) groups is 2. The van der Waals surface area contributed by atoms with Crippen molar-refractivity contribution in [3.8, 4) is 11.5 Å². The van der Waals surface area contributed by atoms with Crippen molar-refractivity contribution in [2.24, 2.45) is 0 Å². The Bertz CT molecular complexity index is 1170. The molecule has 0 fully saturated rings. The van der Waals surface area contributed by atoms with Crippen LogP contribution in [0.5, 0.6) is 11.5 Å². The summed E-state index contributed by atoms with van der Waals surface area (Å²) in [5.41, 5.74) is 3.44. The molecular weight excluding hydrogens is 430 g/mol. The number of amides is 3. The molecule has 0 atom stereocenters. The van der Waals surface area contributed by atoms with Crippen LogP contribution in [0.25, 0.3) is 0 Å². The second-order valence-corrected chi connectivity index (χ2v) is 7.59. The van der Waals surface area contributed by atoms with Gasteiger partial charge in [0.25, 0.3) is 5.91 Å². The normalized spacial score (nSPS) is 12.2. The van der Waals surface area contributed by atoms with Crippen molar-refractivity contribution in [2.45, 2.75) is 6.42 Å². The monoisotopic (exact) mass is 451 g/mol. The van der Waals surface area contributed by atoms with E-state index < -0.39 is 6.03 Å². The summed E-state index contributed by atoms with van der Waals surface area (Å²) >= 11 is 6.17. The van der Waals surface area contributed by atoms with Crippen LogP contribution in [0.1, 0.15) is 15.9 Å². The Morgan fingerprint density at radius 3 is 2.41 bits per heavy atom. The minimum atomic E-state index is -0.469. The molecule has 2 N–H and O–H groups in total. The summed E-state index contributed by atoms with van der Waals surface area (Å²) in [5.74, 6) is 0.787. The topological polar surface area (TPSA) is 79.9 Å². The Morgan fingerprint density at radius 2 is 1.69 bits per heavy atom. The first-order chi connectivity index (χ1) is 15.5. The van der Waals surface area contributed by atoms with E-state index in [-0.39, 0.29) is 5.91 Å². The molecule has 1 aliphatic rings. The minimum absolute atomic E-state index is 0.0661. The van der Waals surface area contributed by atoms with Gasteiger partial charge >= 0.3 is 6.03 Å². The number of halogens is 1. The third-order valence-electron chi connectivity index (χ3n) is 5.23. The van der Waals surface area contributed by atoms with Gasteiger partial charge in [-0.2, -0.15) is 0 Å². The van der Waals surface area contributed by atoms with Gasteiger partial charge in [0.1, 0.15) is 11.5 Å². The van der Waals surface area contributed by atoms with Gasteiger partial charge in [0, 0.05) is 29.5 Å². The number of fused-ring (bicyclic) bond motifs is 1. The predicted molar refractivity (Wildman–Crippen MR) is 125 cm³/mol. The fourth-order valence-corrected chi connectivity index (χ4v) is 3.89. The highest BCUT2D eigenvalue weighted by Gasteiger charge is 2.26. The van der Waals surface area contributed by atoms with Crippen molar-refractivity contribution in [2.75, 3.05) is 36.3 Å². The smallest absolute Gasteiger partial charge is 0.323 e. The maximum Gasteiger partial charge on any atom is 0.323 e.